The number of aliphatic hydroxyl groups is 2. The summed E-state index contributed by atoms with van der Waals surface area (Å²) in [5.74, 6) is -2.42. The molecule has 1 aromatic carbocycles. The Hall–Kier alpha value is -1.49. The van der Waals surface area contributed by atoms with Gasteiger partial charge in [0.15, 0.2) is 5.78 Å². The smallest absolute Gasteiger partial charge is 0.243 e. The van der Waals surface area contributed by atoms with Crippen molar-refractivity contribution in [2.75, 3.05) is 6.54 Å². The number of carbonyl (C=O) groups excluding carboxylic acids is 1. The summed E-state index contributed by atoms with van der Waals surface area (Å²) in [6, 6.07) is 8.61. The van der Waals surface area contributed by atoms with Crippen LogP contribution in [-0.2, 0) is 0 Å². The maximum Gasteiger partial charge on any atom is 0.243 e. The fourth-order valence-electron chi connectivity index (χ4n) is 1.01. The van der Waals surface area contributed by atoms with Gasteiger partial charge in [0.25, 0.3) is 0 Å². The Bertz CT molecular complexity index is 346. The summed E-state index contributed by atoms with van der Waals surface area (Å²) in [4.78, 5) is 11.5. The first-order valence-corrected chi connectivity index (χ1v) is 4.47. The molecule has 0 aliphatic carbocycles. The molecule has 0 unspecified atom stereocenters. The van der Waals surface area contributed by atoms with E-state index in [0.29, 0.717) is 5.56 Å². The lowest BCUT2D eigenvalue weighted by Gasteiger charge is -2.17. The van der Waals surface area contributed by atoms with Crippen molar-refractivity contribution in [1.29, 1.82) is 0 Å². The fraction of sp³-hybridized carbons (Fsp3) is 0.182. The van der Waals surface area contributed by atoms with E-state index < -0.39 is 5.91 Å². The van der Waals surface area contributed by atoms with Gasteiger partial charge in [-0.05, 0) is 6.08 Å². The van der Waals surface area contributed by atoms with E-state index in [1.165, 1.54) is 0 Å². The first kappa shape index (κ1) is 11.6. The number of Topliss-reactive ketones (excluding diaryl/α,β-unsaturated/α-hetero) is 1. The van der Waals surface area contributed by atoms with Gasteiger partial charge in [0, 0.05) is 5.56 Å². The van der Waals surface area contributed by atoms with Crippen LogP contribution in [0.5, 0.6) is 0 Å². The van der Waals surface area contributed by atoms with Gasteiger partial charge in [-0.1, -0.05) is 36.9 Å². The predicted molar refractivity (Wildman–Crippen MR) is 56.1 cm³/mol. The number of rotatable bonds is 5. The zero-order chi connectivity index (χ0) is 11.3. The lowest BCUT2D eigenvalue weighted by Crippen LogP contribution is -2.45. The van der Waals surface area contributed by atoms with Gasteiger partial charge in [0.1, 0.15) is 0 Å². The van der Waals surface area contributed by atoms with E-state index in [-0.39, 0.29) is 12.3 Å². The monoisotopic (exact) mass is 207 g/mol. The third-order valence-corrected chi connectivity index (χ3v) is 1.89. The molecule has 0 aromatic heterocycles. The molecule has 0 amide bonds. The number of benzene rings is 1. The van der Waals surface area contributed by atoms with Crippen LogP contribution in [0, 0.1) is 0 Å². The van der Waals surface area contributed by atoms with Crippen molar-refractivity contribution in [3.63, 3.8) is 0 Å². The Kier molecular flexibility index (Phi) is 3.74. The molecule has 1 aromatic rings. The molecule has 4 heteroatoms. The van der Waals surface area contributed by atoms with Gasteiger partial charge in [-0.3, -0.25) is 10.1 Å². The summed E-state index contributed by atoms with van der Waals surface area (Å²) in [5.41, 5.74) is 0.518. The molecule has 0 spiro atoms. The molecular formula is C11H13NO3. The molecule has 4 nitrogen and oxygen atoms in total. The number of hydrogen-bond acceptors (Lipinski definition) is 4. The largest absolute Gasteiger partial charge is 0.350 e. The van der Waals surface area contributed by atoms with Gasteiger partial charge in [-0.25, -0.2) is 0 Å². The molecule has 0 atom stereocenters. The van der Waals surface area contributed by atoms with Crippen LogP contribution in [0.15, 0.2) is 43.0 Å². The van der Waals surface area contributed by atoms with E-state index in [0.717, 1.165) is 6.08 Å². The molecule has 1 rings (SSSR count). The van der Waals surface area contributed by atoms with Gasteiger partial charge >= 0.3 is 0 Å². The average Bonchev–Trinajstić information content (AvgIpc) is 2.27. The normalized spacial score (nSPS) is 11.1. The topological polar surface area (TPSA) is 69.6 Å². The van der Waals surface area contributed by atoms with Crippen LogP contribution in [0.3, 0.4) is 0 Å². The minimum Gasteiger partial charge on any atom is -0.350 e. The molecule has 0 heterocycles. The Labute approximate surface area is 87.9 Å². The van der Waals surface area contributed by atoms with Crippen molar-refractivity contribution < 1.29 is 15.0 Å². The van der Waals surface area contributed by atoms with Crippen LogP contribution in [0.1, 0.15) is 10.4 Å². The number of carbonyl (C=O) groups is 1. The van der Waals surface area contributed by atoms with Crippen LogP contribution >= 0.6 is 0 Å². The van der Waals surface area contributed by atoms with Crippen molar-refractivity contribution in [2.24, 2.45) is 0 Å². The summed E-state index contributed by atoms with van der Waals surface area (Å²) in [7, 11) is 0. The highest BCUT2D eigenvalue weighted by atomic mass is 16.5. The van der Waals surface area contributed by atoms with Crippen molar-refractivity contribution in [2.45, 2.75) is 5.91 Å². The maximum atomic E-state index is 11.5. The summed E-state index contributed by atoms with van der Waals surface area (Å²) in [6.07, 6.45) is 0.908. The van der Waals surface area contributed by atoms with Gasteiger partial charge < -0.3 is 10.2 Å². The number of hydrogen-bond donors (Lipinski definition) is 3. The van der Waals surface area contributed by atoms with Gasteiger partial charge in [0.2, 0.25) is 5.91 Å². The third-order valence-electron chi connectivity index (χ3n) is 1.89. The van der Waals surface area contributed by atoms with Crippen LogP contribution in [0.2, 0.25) is 0 Å². The number of ketones is 1. The van der Waals surface area contributed by atoms with Crippen LogP contribution in [0.4, 0.5) is 0 Å². The molecule has 0 radical (unpaired) electrons. The van der Waals surface area contributed by atoms with E-state index in [2.05, 4.69) is 11.9 Å². The summed E-state index contributed by atoms with van der Waals surface area (Å²) >= 11 is 0. The lowest BCUT2D eigenvalue weighted by atomic mass is 10.1. The van der Waals surface area contributed by atoms with E-state index in [1.54, 1.807) is 30.3 Å². The summed E-state index contributed by atoms with van der Waals surface area (Å²) in [5, 5.41) is 20.4. The van der Waals surface area contributed by atoms with Gasteiger partial charge in [-0.2, -0.15) is 0 Å². The lowest BCUT2D eigenvalue weighted by molar-refractivity contribution is -0.141. The second-order valence-electron chi connectivity index (χ2n) is 3.07. The molecule has 15 heavy (non-hydrogen) atoms. The van der Waals surface area contributed by atoms with E-state index in [4.69, 9.17) is 10.2 Å². The third kappa shape index (κ3) is 3.63. The molecule has 0 saturated heterocycles. The number of nitrogens with one attached hydrogen (secondary N) is 1. The maximum absolute atomic E-state index is 11.5. The molecule has 0 aliphatic rings. The van der Waals surface area contributed by atoms with E-state index in [9.17, 15) is 4.79 Å². The quantitative estimate of drug-likeness (QED) is 0.368. The molecular weight excluding hydrogens is 194 g/mol. The molecule has 0 bridgehead atoms. The molecule has 3 N–H and O–H groups in total. The second-order valence-corrected chi connectivity index (χ2v) is 3.07. The van der Waals surface area contributed by atoms with Gasteiger partial charge in [-0.15, -0.1) is 0 Å². The summed E-state index contributed by atoms with van der Waals surface area (Å²) in [6.45, 7) is 3.05. The fourth-order valence-corrected chi connectivity index (χ4v) is 1.01. The molecule has 0 fully saturated rings. The van der Waals surface area contributed by atoms with Crippen molar-refractivity contribution in [3.8, 4) is 0 Å². The zero-order valence-electron chi connectivity index (χ0n) is 8.18. The Morgan fingerprint density at radius 3 is 2.53 bits per heavy atom. The average molecular weight is 207 g/mol. The standard InChI is InChI=1S/C11H13NO3/c1-2-11(14,15)12-8-10(13)9-6-4-3-5-7-9/h2-7,12,14-15H,1,8H2. The Morgan fingerprint density at radius 2 is 2.00 bits per heavy atom. The second kappa shape index (κ2) is 4.84. The van der Waals surface area contributed by atoms with Crippen LogP contribution in [-0.4, -0.2) is 28.5 Å². The predicted octanol–water partition coefficient (Wildman–Crippen LogP) is 0.283. The SMILES string of the molecule is C=CC(O)(O)NCC(=O)c1ccccc1. The van der Waals surface area contributed by atoms with Crippen LogP contribution in [0.25, 0.3) is 0 Å². The molecule has 0 aliphatic heterocycles. The Balaban J connectivity index is 2.55. The minimum absolute atomic E-state index is 0.164. The highest BCUT2D eigenvalue weighted by Gasteiger charge is 2.18. The first-order valence-electron chi connectivity index (χ1n) is 4.47. The highest BCUT2D eigenvalue weighted by molar-refractivity contribution is 5.97. The summed E-state index contributed by atoms with van der Waals surface area (Å²) < 4.78 is 0. The van der Waals surface area contributed by atoms with Gasteiger partial charge in [0.05, 0.1) is 6.54 Å². The Morgan fingerprint density at radius 1 is 1.40 bits per heavy atom. The van der Waals surface area contributed by atoms with Crippen LogP contribution < -0.4 is 5.32 Å². The molecule has 80 valence electrons. The van der Waals surface area contributed by atoms with E-state index >= 15 is 0 Å². The van der Waals surface area contributed by atoms with Crippen molar-refractivity contribution in [3.05, 3.63) is 48.6 Å². The zero-order valence-corrected chi connectivity index (χ0v) is 8.18. The van der Waals surface area contributed by atoms with Crippen molar-refractivity contribution in [1.82, 2.24) is 5.32 Å². The van der Waals surface area contributed by atoms with E-state index in [1.807, 2.05) is 0 Å². The van der Waals surface area contributed by atoms with Crippen molar-refractivity contribution >= 4 is 5.78 Å². The molecule has 0 saturated carbocycles. The first-order chi connectivity index (χ1) is 7.05. The highest BCUT2D eigenvalue weighted by Crippen LogP contribution is 2.00. The minimum atomic E-state index is -2.20.